The molecule has 5 heteroatoms. The maximum absolute atomic E-state index is 8.74. The van der Waals surface area contributed by atoms with Gasteiger partial charge in [-0.2, -0.15) is 0 Å². The van der Waals surface area contributed by atoms with Crippen LogP contribution in [0.1, 0.15) is 26.2 Å². The van der Waals surface area contributed by atoms with Crippen LogP contribution in [-0.2, 0) is 0 Å². The Balaban J connectivity index is 0. The molecule has 4 N–H and O–H groups in total. The van der Waals surface area contributed by atoms with E-state index >= 15 is 0 Å². The molecule has 0 aromatic heterocycles. The molecule has 0 aliphatic rings. The van der Waals surface area contributed by atoms with Gasteiger partial charge < -0.3 is 20.4 Å². The minimum atomic E-state index is -1.83. The van der Waals surface area contributed by atoms with Gasteiger partial charge in [0.25, 0.3) is 0 Å². The minimum absolute atomic E-state index is 0.0972. The van der Waals surface area contributed by atoms with E-state index in [4.69, 9.17) is 25.2 Å². The van der Waals surface area contributed by atoms with E-state index in [0.29, 0.717) is 0 Å². The molecule has 0 fully saturated rings. The summed E-state index contributed by atoms with van der Waals surface area (Å²) < 4.78 is 0. The third kappa shape index (κ3) is 22.9. The van der Waals surface area contributed by atoms with Crippen LogP contribution in [0, 0.1) is 0 Å². The first-order chi connectivity index (χ1) is 5.54. The van der Waals surface area contributed by atoms with Gasteiger partial charge in [0, 0.05) is 0 Å². The van der Waals surface area contributed by atoms with Crippen molar-refractivity contribution in [3.63, 3.8) is 0 Å². The summed E-state index contributed by atoms with van der Waals surface area (Å²) in [5, 5.41) is 31.0. The van der Waals surface area contributed by atoms with Gasteiger partial charge in [0.2, 0.25) is 0 Å². The van der Waals surface area contributed by atoms with Crippen LogP contribution in [0.3, 0.4) is 0 Å². The van der Waals surface area contributed by atoms with Gasteiger partial charge in [0.05, 0.1) is 12.7 Å². The smallest absolute Gasteiger partial charge is 0.450 e. The molecule has 1 atom stereocenters. The van der Waals surface area contributed by atoms with Crippen LogP contribution >= 0.6 is 0 Å². The summed E-state index contributed by atoms with van der Waals surface area (Å²) in [6.07, 6.45) is 0.487. The SMILES string of the molecule is CCCCC(O)CO.O=C(O)O. The number of aliphatic hydroxyl groups excluding tert-OH is 2. The Bertz CT molecular complexity index is 100.0. The Morgan fingerprint density at radius 1 is 1.42 bits per heavy atom. The molecule has 74 valence electrons. The van der Waals surface area contributed by atoms with Gasteiger partial charge in [-0.15, -0.1) is 0 Å². The second-order valence-corrected chi connectivity index (χ2v) is 2.26. The number of unbranched alkanes of at least 4 members (excludes halogenated alkanes) is 1. The zero-order chi connectivity index (χ0) is 9.98. The van der Waals surface area contributed by atoms with E-state index in [2.05, 4.69) is 6.92 Å². The number of hydrogen-bond donors (Lipinski definition) is 4. The monoisotopic (exact) mass is 180 g/mol. The van der Waals surface area contributed by atoms with Crippen LogP contribution < -0.4 is 0 Å². The highest BCUT2D eigenvalue weighted by atomic mass is 16.6. The van der Waals surface area contributed by atoms with Gasteiger partial charge in [0.15, 0.2) is 0 Å². The third-order valence-corrected chi connectivity index (χ3v) is 1.10. The van der Waals surface area contributed by atoms with Crippen molar-refractivity contribution in [2.45, 2.75) is 32.3 Å². The van der Waals surface area contributed by atoms with E-state index in [0.717, 1.165) is 19.3 Å². The van der Waals surface area contributed by atoms with Crippen molar-refractivity contribution in [2.24, 2.45) is 0 Å². The number of rotatable bonds is 4. The zero-order valence-corrected chi connectivity index (χ0v) is 7.10. The lowest BCUT2D eigenvalue weighted by molar-refractivity contribution is 0.0865. The average molecular weight is 180 g/mol. The van der Waals surface area contributed by atoms with E-state index in [1.807, 2.05) is 0 Å². The molecule has 0 saturated carbocycles. The van der Waals surface area contributed by atoms with Gasteiger partial charge >= 0.3 is 6.16 Å². The van der Waals surface area contributed by atoms with Crippen molar-refractivity contribution >= 4 is 6.16 Å². The fourth-order valence-electron chi connectivity index (χ4n) is 0.531. The van der Waals surface area contributed by atoms with Gasteiger partial charge in [-0.1, -0.05) is 19.8 Å². The summed E-state index contributed by atoms with van der Waals surface area (Å²) >= 11 is 0. The summed E-state index contributed by atoms with van der Waals surface area (Å²) in [6.45, 7) is 1.96. The van der Waals surface area contributed by atoms with Crippen molar-refractivity contribution < 1.29 is 25.2 Å². The minimum Gasteiger partial charge on any atom is -0.450 e. The Morgan fingerprint density at radius 2 is 1.83 bits per heavy atom. The summed E-state index contributed by atoms with van der Waals surface area (Å²) in [6, 6.07) is 0. The molecule has 0 saturated heterocycles. The summed E-state index contributed by atoms with van der Waals surface area (Å²) in [7, 11) is 0. The van der Waals surface area contributed by atoms with E-state index in [-0.39, 0.29) is 6.61 Å². The van der Waals surface area contributed by atoms with Crippen molar-refractivity contribution in [3.05, 3.63) is 0 Å². The molecule has 0 radical (unpaired) electrons. The molecule has 0 aromatic carbocycles. The number of carbonyl (C=O) groups is 1. The Kier molecular flexibility index (Phi) is 11.7. The topological polar surface area (TPSA) is 98.0 Å². The fourth-order valence-corrected chi connectivity index (χ4v) is 0.531. The molecule has 0 rings (SSSR count). The lowest BCUT2D eigenvalue weighted by atomic mass is 10.2. The van der Waals surface area contributed by atoms with Gasteiger partial charge in [-0.25, -0.2) is 4.79 Å². The molecular formula is C7H16O5. The molecule has 0 aliphatic heterocycles. The molecule has 0 bridgehead atoms. The predicted octanol–water partition coefficient (Wildman–Crippen LogP) is 0.752. The molecule has 0 heterocycles. The van der Waals surface area contributed by atoms with Crippen molar-refractivity contribution in [2.75, 3.05) is 6.61 Å². The summed E-state index contributed by atoms with van der Waals surface area (Å²) in [4.78, 5) is 8.56. The predicted molar refractivity (Wildman–Crippen MR) is 43.3 cm³/mol. The zero-order valence-electron chi connectivity index (χ0n) is 7.10. The average Bonchev–Trinajstić information content (AvgIpc) is 1.99. The third-order valence-electron chi connectivity index (χ3n) is 1.10. The molecule has 0 spiro atoms. The Labute approximate surface area is 71.3 Å². The molecule has 1 unspecified atom stereocenters. The first-order valence-electron chi connectivity index (χ1n) is 3.75. The van der Waals surface area contributed by atoms with Gasteiger partial charge in [-0.3, -0.25) is 0 Å². The lowest BCUT2D eigenvalue weighted by Gasteiger charge is -2.02. The quantitative estimate of drug-likeness (QED) is 0.511. The van der Waals surface area contributed by atoms with Crippen molar-refractivity contribution in [3.8, 4) is 0 Å². The number of hydrogen-bond acceptors (Lipinski definition) is 3. The van der Waals surface area contributed by atoms with Gasteiger partial charge in [0.1, 0.15) is 0 Å². The molecule has 5 nitrogen and oxygen atoms in total. The van der Waals surface area contributed by atoms with Crippen LogP contribution in [-0.4, -0.2) is 39.3 Å². The fraction of sp³-hybridized carbons (Fsp3) is 0.857. The van der Waals surface area contributed by atoms with Crippen LogP contribution in [0.2, 0.25) is 0 Å². The summed E-state index contributed by atoms with van der Waals surface area (Å²) in [5.74, 6) is 0. The van der Waals surface area contributed by atoms with Crippen LogP contribution in [0.4, 0.5) is 4.79 Å². The first-order valence-corrected chi connectivity index (χ1v) is 3.75. The highest BCUT2D eigenvalue weighted by Gasteiger charge is 1.97. The number of carboxylic acid groups (broad SMARTS) is 2. The van der Waals surface area contributed by atoms with E-state index < -0.39 is 12.3 Å². The molecule has 12 heavy (non-hydrogen) atoms. The maximum atomic E-state index is 8.74. The second kappa shape index (κ2) is 10.2. The van der Waals surface area contributed by atoms with E-state index in [9.17, 15) is 0 Å². The van der Waals surface area contributed by atoms with E-state index in [1.165, 1.54) is 0 Å². The largest absolute Gasteiger partial charge is 0.503 e. The maximum Gasteiger partial charge on any atom is 0.503 e. The standard InChI is InChI=1S/C6H14O2.CH2O3/c1-2-3-4-6(8)5-7;2-1(3)4/h6-8H,2-5H2,1H3;(H2,2,3,4). The first kappa shape index (κ1) is 13.8. The number of aliphatic hydroxyl groups is 2. The molecule has 0 aromatic rings. The highest BCUT2D eigenvalue weighted by Crippen LogP contribution is 1.97. The normalized spacial score (nSPS) is 11.2. The van der Waals surface area contributed by atoms with Crippen LogP contribution in [0.5, 0.6) is 0 Å². The Morgan fingerprint density at radius 3 is 2.08 bits per heavy atom. The van der Waals surface area contributed by atoms with E-state index in [1.54, 1.807) is 0 Å². The van der Waals surface area contributed by atoms with Gasteiger partial charge in [-0.05, 0) is 6.42 Å². The molecular weight excluding hydrogens is 164 g/mol. The van der Waals surface area contributed by atoms with Crippen LogP contribution in [0.15, 0.2) is 0 Å². The molecule has 0 aliphatic carbocycles. The second-order valence-electron chi connectivity index (χ2n) is 2.26. The highest BCUT2D eigenvalue weighted by molar-refractivity contribution is 5.53. The van der Waals surface area contributed by atoms with Crippen LogP contribution in [0.25, 0.3) is 0 Å². The lowest BCUT2D eigenvalue weighted by Crippen LogP contribution is -2.10. The van der Waals surface area contributed by atoms with Crippen molar-refractivity contribution in [1.82, 2.24) is 0 Å². The van der Waals surface area contributed by atoms with Crippen molar-refractivity contribution in [1.29, 1.82) is 0 Å². The summed E-state index contributed by atoms with van der Waals surface area (Å²) in [5.41, 5.74) is 0. The molecule has 0 amide bonds. The Hall–Kier alpha value is -0.810.